The van der Waals surface area contributed by atoms with Gasteiger partial charge in [-0.05, 0) is 12.0 Å². The average Bonchev–Trinajstić information content (AvgIpc) is 3.00. The molecule has 0 radical (unpaired) electrons. The summed E-state index contributed by atoms with van der Waals surface area (Å²) in [5, 5.41) is 0. The second kappa shape index (κ2) is 4.11. The van der Waals surface area contributed by atoms with Crippen LogP contribution in [0.15, 0.2) is 30.3 Å². The monoisotopic (exact) mass is 192 g/mol. The van der Waals surface area contributed by atoms with Crippen molar-refractivity contribution in [3.05, 3.63) is 35.9 Å². The van der Waals surface area contributed by atoms with Crippen LogP contribution in [0.5, 0.6) is 0 Å². The Hall–Kier alpha value is -0.860. The van der Waals surface area contributed by atoms with Gasteiger partial charge in [0.15, 0.2) is 0 Å². The number of epoxide rings is 1. The first-order valence-corrected chi connectivity index (χ1v) is 5.10. The molecule has 1 aromatic carbocycles. The van der Waals surface area contributed by atoms with Gasteiger partial charge in [0.2, 0.25) is 0 Å². The summed E-state index contributed by atoms with van der Waals surface area (Å²) in [6, 6.07) is 10.2. The molecule has 1 unspecified atom stereocenters. The van der Waals surface area contributed by atoms with Gasteiger partial charge in [-0.2, -0.15) is 0 Å². The molecule has 1 atom stereocenters. The SMILES string of the molecule is CCC1(COCc2ccccc2)CO1. The Balaban J connectivity index is 1.73. The Morgan fingerprint density at radius 1 is 1.36 bits per heavy atom. The first-order valence-electron chi connectivity index (χ1n) is 5.10. The van der Waals surface area contributed by atoms with E-state index in [0.717, 1.165) is 19.6 Å². The predicted molar refractivity (Wildman–Crippen MR) is 55.1 cm³/mol. The van der Waals surface area contributed by atoms with Crippen LogP contribution in [0.2, 0.25) is 0 Å². The van der Waals surface area contributed by atoms with Crippen LogP contribution in [-0.2, 0) is 16.1 Å². The summed E-state index contributed by atoms with van der Waals surface area (Å²) in [4.78, 5) is 0. The smallest absolute Gasteiger partial charge is 0.115 e. The summed E-state index contributed by atoms with van der Waals surface area (Å²) >= 11 is 0. The number of benzene rings is 1. The lowest BCUT2D eigenvalue weighted by molar-refractivity contribution is 0.0661. The predicted octanol–water partition coefficient (Wildman–Crippen LogP) is 2.38. The van der Waals surface area contributed by atoms with Crippen molar-refractivity contribution in [3.8, 4) is 0 Å². The van der Waals surface area contributed by atoms with Crippen molar-refractivity contribution < 1.29 is 9.47 Å². The standard InChI is InChI=1S/C12H16O2/c1-2-12(10-14-12)9-13-8-11-6-4-3-5-7-11/h3-7H,2,8-10H2,1H3. The Morgan fingerprint density at radius 2 is 2.07 bits per heavy atom. The zero-order chi connectivity index (χ0) is 9.86. The van der Waals surface area contributed by atoms with Crippen LogP contribution in [0.1, 0.15) is 18.9 Å². The lowest BCUT2D eigenvalue weighted by Gasteiger charge is -2.09. The molecule has 0 aliphatic carbocycles. The molecule has 1 aliphatic rings. The largest absolute Gasteiger partial charge is 0.374 e. The average molecular weight is 192 g/mol. The minimum absolute atomic E-state index is 0.0504. The van der Waals surface area contributed by atoms with Crippen molar-refractivity contribution in [2.24, 2.45) is 0 Å². The number of rotatable bonds is 5. The quantitative estimate of drug-likeness (QED) is 0.668. The van der Waals surface area contributed by atoms with Crippen LogP contribution in [0.3, 0.4) is 0 Å². The van der Waals surface area contributed by atoms with Gasteiger partial charge >= 0.3 is 0 Å². The van der Waals surface area contributed by atoms with Crippen molar-refractivity contribution >= 4 is 0 Å². The fourth-order valence-corrected chi connectivity index (χ4v) is 1.42. The van der Waals surface area contributed by atoms with E-state index in [1.807, 2.05) is 18.2 Å². The van der Waals surface area contributed by atoms with E-state index in [1.165, 1.54) is 5.56 Å². The summed E-state index contributed by atoms with van der Waals surface area (Å²) in [6.45, 7) is 4.40. The number of hydrogen-bond donors (Lipinski definition) is 0. The van der Waals surface area contributed by atoms with Crippen molar-refractivity contribution in [3.63, 3.8) is 0 Å². The molecule has 0 amide bonds. The summed E-state index contributed by atoms with van der Waals surface area (Å²) in [6.07, 6.45) is 1.04. The summed E-state index contributed by atoms with van der Waals surface area (Å²) in [5.74, 6) is 0. The highest BCUT2D eigenvalue weighted by Crippen LogP contribution is 2.30. The maximum atomic E-state index is 5.61. The van der Waals surface area contributed by atoms with E-state index in [-0.39, 0.29) is 5.60 Å². The van der Waals surface area contributed by atoms with Gasteiger partial charge < -0.3 is 9.47 Å². The van der Waals surface area contributed by atoms with Gasteiger partial charge in [-0.15, -0.1) is 0 Å². The van der Waals surface area contributed by atoms with E-state index < -0.39 is 0 Å². The molecule has 1 fully saturated rings. The molecule has 1 aromatic rings. The normalized spacial score (nSPS) is 24.9. The maximum Gasteiger partial charge on any atom is 0.115 e. The molecule has 2 nitrogen and oxygen atoms in total. The lowest BCUT2D eigenvalue weighted by Crippen LogP contribution is -2.17. The lowest BCUT2D eigenvalue weighted by atomic mass is 10.1. The van der Waals surface area contributed by atoms with Gasteiger partial charge in [0, 0.05) is 0 Å². The summed E-state index contributed by atoms with van der Waals surface area (Å²) < 4.78 is 11.0. The van der Waals surface area contributed by atoms with Gasteiger partial charge in [0.05, 0.1) is 19.8 Å². The molecule has 0 N–H and O–H groups in total. The third kappa shape index (κ3) is 2.34. The Bertz CT molecular complexity index is 278. The van der Waals surface area contributed by atoms with Gasteiger partial charge in [-0.25, -0.2) is 0 Å². The van der Waals surface area contributed by atoms with Crippen LogP contribution in [0.4, 0.5) is 0 Å². The highest BCUT2D eigenvalue weighted by atomic mass is 16.6. The molecule has 2 rings (SSSR count). The molecule has 1 saturated heterocycles. The van der Waals surface area contributed by atoms with E-state index in [4.69, 9.17) is 9.47 Å². The van der Waals surface area contributed by atoms with E-state index >= 15 is 0 Å². The molecule has 2 heteroatoms. The molecule has 0 aromatic heterocycles. The third-order valence-electron chi connectivity index (χ3n) is 2.67. The number of ether oxygens (including phenoxy) is 2. The maximum absolute atomic E-state index is 5.61. The molecular formula is C12H16O2. The first kappa shape index (κ1) is 9.69. The van der Waals surface area contributed by atoms with Crippen LogP contribution < -0.4 is 0 Å². The molecule has 0 saturated carbocycles. The molecule has 76 valence electrons. The molecule has 14 heavy (non-hydrogen) atoms. The van der Waals surface area contributed by atoms with E-state index in [0.29, 0.717) is 6.61 Å². The van der Waals surface area contributed by atoms with Crippen molar-refractivity contribution in [2.75, 3.05) is 13.2 Å². The van der Waals surface area contributed by atoms with Gasteiger partial charge in [0.1, 0.15) is 5.60 Å². The van der Waals surface area contributed by atoms with Crippen LogP contribution in [0, 0.1) is 0 Å². The highest BCUT2D eigenvalue weighted by molar-refractivity contribution is 5.13. The minimum atomic E-state index is 0.0504. The topological polar surface area (TPSA) is 21.8 Å². The van der Waals surface area contributed by atoms with Crippen LogP contribution >= 0.6 is 0 Å². The Labute approximate surface area is 84.8 Å². The van der Waals surface area contributed by atoms with Crippen molar-refractivity contribution in [1.29, 1.82) is 0 Å². The zero-order valence-corrected chi connectivity index (χ0v) is 8.53. The fourth-order valence-electron chi connectivity index (χ4n) is 1.42. The van der Waals surface area contributed by atoms with E-state index in [1.54, 1.807) is 0 Å². The van der Waals surface area contributed by atoms with Crippen LogP contribution in [0.25, 0.3) is 0 Å². The molecule has 0 bridgehead atoms. The third-order valence-corrected chi connectivity index (χ3v) is 2.67. The first-order chi connectivity index (χ1) is 6.85. The van der Waals surface area contributed by atoms with Crippen molar-refractivity contribution in [1.82, 2.24) is 0 Å². The van der Waals surface area contributed by atoms with Gasteiger partial charge in [0.25, 0.3) is 0 Å². The van der Waals surface area contributed by atoms with Crippen LogP contribution in [-0.4, -0.2) is 18.8 Å². The van der Waals surface area contributed by atoms with E-state index in [2.05, 4.69) is 19.1 Å². The highest BCUT2D eigenvalue weighted by Gasteiger charge is 2.42. The fraction of sp³-hybridized carbons (Fsp3) is 0.500. The van der Waals surface area contributed by atoms with Gasteiger partial charge in [-0.3, -0.25) is 0 Å². The Kier molecular flexibility index (Phi) is 2.85. The van der Waals surface area contributed by atoms with Gasteiger partial charge in [-0.1, -0.05) is 37.3 Å². The van der Waals surface area contributed by atoms with Crippen molar-refractivity contribution in [2.45, 2.75) is 25.6 Å². The molecular weight excluding hydrogens is 176 g/mol. The zero-order valence-electron chi connectivity index (χ0n) is 8.53. The summed E-state index contributed by atoms with van der Waals surface area (Å²) in [7, 11) is 0. The minimum Gasteiger partial charge on any atom is -0.374 e. The van der Waals surface area contributed by atoms with E-state index in [9.17, 15) is 0 Å². The second-order valence-corrected chi connectivity index (χ2v) is 3.80. The molecule has 1 heterocycles. The number of hydrogen-bond acceptors (Lipinski definition) is 2. The molecule has 0 spiro atoms. The molecule has 1 aliphatic heterocycles. The Morgan fingerprint density at radius 3 is 2.64 bits per heavy atom. The summed E-state index contributed by atoms with van der Waals surface area (Å²) in [5.41, 5.74) is 1.27. The second-order valence-electron chi connectivity index (χ2n) is 3.80.